The zero-order chi connectivity index (χ0) is 16.4. The third-order valence-electron chi connectivity index (χ3n) is 3.79. The number of amides is 1. The van der Waals surface area contributed by atoms with Gasteiger partial charge in [0.25, 0.3) is 0 Å². The quantitative estimate of drug-likeness (QED) is 0.876. The molecule has 1 N–H and O–H groups in total. The highest BCUT2D eigenvalue weighted by Gasteiger charge is 2.16. The maximum atomic E-state index is 12.2. The lowest BCUT2D eigenvalue weighted by Crippen LogP contribution is -2.19. The maximum absolute atomic E-state index is 12.2. The first kappa shape index (κ1) is 16.8. The molecule has 1 heterocycles. The average Bonchev–Trinajstić information content (AvgIpc) is 2.70. The number of halogens is 2. The van der Waals surface area contributed by atoms with E-state index < -0.39 is 0 Å². The molecule has 0 bridgehead atoms. The zero-order valence-electron chi connectivity index (χ0n) is 13.1. The molecule has 0 aliphatic heterocycles. The van der Waals surface area contributed by atoms with Crippen LogP contribution in [0, 0.1) is 20.8 Å². The molecule has 0 saturated heterocycles. The predicted octanol–water partition coefficient (Wildman–Crippen LogP) is 4.70. The molecular weight excluding hydrogens is 321 g/mol. The van der Waals surface area contributed by atoms with Gasteiger partial charge in [0.05, 0.1) is 21.8 Å². The number of nitrogens with zero attached hydrogens (tertiary/aromatic N) is 2. The normalized spacial score (nSPS) is 12.3. The van der Waals surface area contributed by atoms with Gasteiger partial charge in [0.1, 0.15) is 0 Å². The minimum Gasteiger partial charge on any atom is -0.326 e. The molecule has 4 nitrogen and oxygen atoms in total. The van der Waals surface area contributed by atoms with Crippen LogP contribution in [0.4, 0.5) is 5.69 Å². The van der Waals surface area contributed by atoms with E-state index in [-0.39, 0.29) is 11.9 Å². The molecule has 0 aliphatic rings. The second-order valence-corrected chi connectivity index (χ2v) is 6.28. The lowest BCUT2D eigenvalue weighted by molar-refractivity contribution is -0.116. The first-order valence-corrected chi connectivity index (χ1v) is 7.82. The fourth-order valence-electron chi connectivity index (χ4n) is 2.32. The van der Waals surface area contributed by atoms with E-state index in [9.17, 15) is 4.79 Å². The Balaban J connectivity index is 2.04. The monoisotopic (exact) mass is 339 g/mol. The molecule has 1 aromatic heterocycles. The summed E-state index contributed by atoms with van der Waals surface area (Å²) in [5, 5.41) is 8.20. The van der Waals surface area contributed by atoms with E-state index in [1.165, 1.54) is 0 Å². The van der Waals surface area contributed by atoms with Crippen LogP contribution in [0.5, 0.6) is 0 Å². The highest BCUT2D eigenvalue weighted by Crippen LogP contribution is 2.25. The van der Waals surface area contributed by atoms with Gasteiger partial charge in [-0.05, 0) is 51.5 Å². The van der Waals surface area contributed by atoms with Gasteiger partial charge in [-0.1, -0.05) is 23.2 Å². The lowest BCUT2D eigenvalue weighted by atomic mass is 10.2. The molecule has 118 valence electrons. The SMILES string of the molecule is Cc1nn([C@H](C)CC(=O)Nc2ccc(Cl)c(Cl)c2)c(C)c1C. The molecule has 0 radical (unpaired) electrons. The minimum atomic E-state index is -0.0869. The van der Waals surface area contributed by atoms with Gasteiger partial charge in [-0.3, -0.25) is 9.48 Å². The number of aromatic nitrogens is 2. The second-order valence-electron chi connectivity index (χ2n) is 5.47. The summed E-state index contributed by atoms with van der Waals surface area (Å²) in [5.41, 5.74) is 3.88. The molecule has 0 saturated carbocycles. The van der Waals surface area contributed by atoms with Crippen LogP contribution in [0.2, 0.25) is 10.0 Å². The number of nitrogens with one attached hydrogen (secondary N) is 1. The molecule has 0 fully saturated rings. The van der Waals surface area contributed by atoms with E-state index in [1.807, 2.05) is 32.4 Å². The smallest absolute Gasteiger partial charge is 0.226 e. The Morgan fingerprint density at radius 3 is 2.50 bits per heavy atom. The Bertz CT molecular complexity index is 710. The van der Waals surface area contributed by atoms with Crippen LogP contribution in [0.25, 0.3) is 0 Å². The molecule has 1 atom stereocenters. The van der Waals surface area contributed by atoms with Crippen LogP contribution >= 0.6 is 23.2 Å². The Labute approximate surface area is 140 Å². The van der Waals surface area contributed by atoms with Crippen molar-refractivity contribution in [1.82, 2.24) is 9.78 Å². The zero-order valence-corrected chi connectivity index (χ0v) is 14.6. The van der Waals surface area contributed by atoms with Crippen LogP contribution in [0.15, 0.2) is 18.2 Å². The fraction of sp³-hybridized carbons (Fsp3) is 0.375. The highest BCUT2D eigenvalue weighted by atomic mass is 35.5. The third-order valence-corrected chi connectivity index (χ3v) is 4.53. The van der Waals surface area contributed by atoms with Crippen LogP contribution in [-0.4, -0.2) is 15.7 Å². The summed E-state index contributed by atoms with van der Waals surface area (Å²) in [6.07, 6.45) is 0.335. The molecule has 2 aromatic rings. The Kier molecular flexibility index (Phi) is 5.14. The summed E-state index contributed by atoms with van der Waals surface area (Å²) in [4.78, 5) is 12.2. The van der Waals surface area contributed by atoms with E-state index in [0.29, 0.717) is 22.2 Å². The number of carbonyl (C=O) groups excluding carboxylic acids is 1. The molecule has 1 amide bonds. The van der Waals surface area contributed by atoms with Crippen LogP contribution in [-0.2, 0) is 4.79 Å². The fourth-order valence-corrected chi connectivity index (χ4v) is 2.61. The number of hydrogen-bond donors (Lipinski definition) is 1. The highest BCUT2D eigenvalue weighted by molar-refractivity contribution is 6.42. The van der Waals surface area contributed by atoms with Crippen LogP contribution < -0.4 is 5.32 Å². The van der Waals surface area contributed by atoms with Gasteiger partial charge in [0, 0.05) is 17.8 Å². The number of benzene rings is 1. The minimum absolute atomic E-state index is 0.0184. The van der Waals surface area contributed by atoms with E-state index in [1.54, 1.807) is 18.2 Å². The van der Waals surface area contributed by atoms with Crippen molar-refractivity contribution >= 4 is 34.8 Å². The van der Waals surface area contributed by atoms with E-state index in [4.69, 9.17) is 23.2 Å². The molecule has 0 aliphatic carbocycles. The van der Waals surface area contributed by atoms with Crippen molar-refractivity contribution in [2.75, 3.05) is 5.32 Å². The summed E-state index contributed by atoms with van der Waals surface area (Å²) in [5.74, 6) is -0.0869. The first-order valence-electron chi connectivity index (χ1n) is 7.06. The number of aryl methyl sites for hydroxylation is 1. The topological polar surface area (TPSA) is 46.9 Å². The van der Waals surface area contributed by atoms with E-state index in [0.717, 1.165) is 17.0 Å². The molecule has 6 heteroatoms. The van der Waals surface area contributed by atoms with Crippen molar-refractivity contribution in [3.8, 4) is 0 Å². The van der Waals surface area contributed by atoms with Crippen molar-refractivity contribution in [2.45, 2.75) is 40.2 Å². The van der Waals surface area contributed by atoms with Gasteiger partial charge in [0.15, 0.2) is 0 Å². The largest absolute Gasteiger partial charge is 0.326 e. The molecule has 0 unspecified atom stereocenters. The Morgan fingerprint density at radius 1 is 1.27 bits per heavy atom. The summed E-state index contributed by atoms with van der Waals surface area (Å²) in [6, 6.07) is 5.01. The molecule has 0 spiro atoms. The van der Waals surface area contributed by atoms with E-state index in [2.05, 4.69) is 10.4 Å². The Morgan fingerprint density at radius 2 is 1.95 bits per heavy atom. The van der Waals surface area contributed by atoms with Crippen molar-refractivity contribution in [2.24, 2.45) is 0 Å². The summed E-state index contributed by atoms with van der Waals surface area (Å²) >= 11 is 11.8. The van der Waals surface area contributed by atoms with Crippen LogP contribution in [0.3, 0.4) is 0 Å². The maximum Gasteiger partial charge on any atom is 0.226 e. The summed E-state index contributed by atoms with van der Waals surface area (Å²) in [6.45, 7) is 8.01. The standard InChI is InChI=1S/C16H19Cl2N3O/c1-9(21-12(4)10(2)11(3)20-21)7-16(22)19-13-5-6-14(17)15(18)8-13/h5-6,8-9H,7H2,1-4H3,(H,19,22)/t9-/m1/s1. The van der Waals surface area contributed by atoms with Crippen molar-refractivity contribution in [3.05, 3.63) is 45.2 Å². The molecule has 22 heavy (non-hydrogen) atoms. The number of anilines is 1. The van der Waals surface area contributed by atoms with Crippen LogP contribution in [0.1, 0.15) is 36.3 Å². The number of rotatable bonds is 4. The van der Waals surface area contributed by atoms with Gasteiger partial charge in [-0.15, -0.1) is 0 Å². The van der Waals surface area contributed by atoms with Gasteiger partial charge in [0.2, 0.25) is 5.91 Å². The summed E-state index contributed by atoms with van der Waals surface area (Å²) in [7, 11) is 0. The van der Waals surface area contributed by atoms with E-state index >= 15 is 0 Å². The second kappa shape index (κ2) is 6.71. The summed E-state index contributed by atoms with van der Waals surface area (Å²) < 4.78 is 1.90. The van der Waals surface area contributed by atoms with Crippen molar-refractivity contribution in [3.63, 3.8) is 0 Å². The molecule has 2 rings (SSSR count). The average molecular weight is 340 g/mol. The molecule has 1 aromatic carbocycles. The lowest BCUT2D eigenvalue weighted by Gasteiger charge is -2.14. The Hall–Kier alpha value is -1.52. The predicted molar refractivity (Wildman–Crippen MR) is 90.9 cm³/mol. The van der Waals surface area contributed by atoms with Gasteiger partial charge in [-0.2, -0.15) is 5.10 Å². The number of carbonyl (C=O) groups is 1. The van der Waals surface area contributed by atoms with Crippen molar-refractivity contribution in [1.29, 1.82) is 0 Å². The third kappa shape index (κ3) is 3.62. The molecular formula is C16H19Cl2N3O. The van der Waals surface area contributed by atoms with Gasteiger partial charge < -0.3 is 5.32 Å². The first-order chi connectivity index (χ1) is 10.3. The van der Waals surface area contributed by atoms with Crippen molar-refractivity contribution < 1.29 is 4.79 Å². The van der Waals surface area contributed by atoms with Gasteiger partial charge >= 0.3 is 0 Å². The number of hydrogen-bond acceptors (Lipinski definition) is 2. The van der Waals surface area contributed by atoms with Gasteiger partial charge in [-0.25, -0.2) is 0 Å².